The van der Waals surface area contributed by atoms with E-state index < -0.39 is 45.9 Å². The highest BCUT2D eigenvalue weighted by atomic mass is 35.5. The zero-order chi connectivity index (χ0) is 26.7. The Bertz CT molecular complexity index is 1400. The second kappa shape index (κ2) is 10.8. The Morgan fingerprint density at radius 1 is 0.972 bits per heavy atom. The van der Waals surface area contributed by atoms with Crippen LogP contribution in [0.4, 0.5) is 24.5 Å². The van der Waals surface area contributed by atoms with Crippen molar-refractivity contribution in [3.8, 4) is 0 Å². The van der Waals surface area contributed by atoms with Gasteiger partial charge in [0.05, 0.1) is 44.6 Å². The molecule has 7 nitrogen and oxygen atoms in total. The number of carbonyl (C=O) groups excluding carboxylic acids is 2. The summed E-state index contributed by atoms with van der Waals surface area (Å²) in [6, 6.07) is 12.8. The Morgan fingerprint density at radius 2 is 1.61 bits per heavy atom. The highest BCUT2D eigenvalue weighted by Gasteiger charge is 2.34. The molecule has 3 aromatic rings. The van der Waals surface area contributed by atoms with E-state index in [2.05, 4.69) is 10.1 Å². The van der Waals surface area contributed by atoms with Crippen LogP contribution in [0.25, 0.3) is 0 Å². The first-order chi connectivity index (χ1) is 16.8. The number of halogens is 5. The van der Waals surface area contributed by atoms with Crippen LogP contribution in [0.5, 0.6) is 0 Å². The number of hydrogen-bond donors (Lipinski definition) is 1. The molecule has 0 atom stereocenters. The van der Waals surface area contributed by atoms with Crippen molar-refractivity contribution < 1.29 is 35.9 Å². The molecule has 0 spiro atoms. The fraction of sp³-hybridized carbons (Fsp3) is 0.130. The summed E-state index contributed by atoms with van der Waals surface area (Å²) in [5.74, 6) is -1.68. The summed E-state index contributed by atoms with van der Waals surface area (Å²) in [7, 11) is -3.40. The van der Waals surface area contributed by atoms with E-state index in [9.17, 15) is 31.2 Å². The molecule has 0 radical (unpaired) electrons. The van der Waals surface area contributed by atoms with Crippen LogP contribution in [0.2, 0.25) is 10.0 Å². The van der Waals surface area contributed by atoms with E-state index in [1.807, 2.05) is 0 Å². The number of hydrogen-bond acceptors (Lipinski definition) is 5. The molecule has 0 fully saturated rings. The summed E-state index contributed by atoms with van der Waals surface area (Å²) in [6.07, 6.45) is -4.80. The van der Waals surface area contributed by atoms with Gasteiger partial charge in [0.15, 0.2) is 0 Å². The Kier molecular flexibility index (Phi) is 8.17. The van der Waals surface area contributed by atoms with E-state index in [0.29, 0.717) is 16.4 Å². The van der Waals surface area contributed by atoms with Crippen molar-refractivity contribution in [2.24, 2.45) is 0 Å². The molecule has 0 saturated carbocycles. The largest absolute Gasteiger partial charge is 0.465 e. The summed E-state index contributed by atoms with van der Waals surface area (Å²) in [4.78, 5) is 24.4. The van der Waals surface area contributed by atoms with Crippen LogP contribution < -0.4 is 9.62 Å². The molecule has 0 unspecified atom stereocenters. The molecule has 0 saturated heterocycles. The van der Waals surface area contributed by atoms with Gasteiger partial charge < -0.3 is 10.1 Å². The number of amides is 1. The van der Waals surface area contributed by atoms with Crippen LogP contribution in [0, 0.1) is 0 Å². The molecule has 0 aliphatic rings. The second-order valence-corrected chi connectivity index (χ2v) is 9.90. The van der Waals surface area contributed by atoms with Crippen LogP contribution in [0.3, 0.4) is 0 Å². The number of nitrogens with zero attached hydrogens (tertiary/aromatic N) is 1. The van der Waals surface area contributed by atoms with Crippen molar-refractivity contribution in [1.82, 2.24) is 0 Å². The Morgan fingerprint density at radius 3 is 2.22 bits per heavy atom. The highest BCUT2D eigenvalue weighted by Crippen LogP contribution is 2.37. The Balaban J connectivity index is 2.05. The lowest BCUT2D eigenvalue weighted by atomic mass is 10.2. The van der Waals surface area contributed by atoms with E-state index in [1.54, 1.807) is 6.07 Å². The van der Waals surface area contributed by atoms with Gasteiger partial charge in [0.25, 0.3) is 10.0 Å². The molecule has 36 heavy (non-hydrogen) atoms. The molecule has 190 valence electrons. The van der Waals surface area contributed by atoms with Crippen molar-refractivity contribution in [2.75, 3.05) is 23.3 Å². The first-order valence-corrected chi connectivity index (χ1v) is 12.2. The molecule has 3 rings (SSSR count). The van der Waals surface area contributed by atoms with Crippen molar-refractivity contribution >= 4 is 56.5 Å². The molecule has 0 aromatic heterocycles. The number of rotatable bonds is 7. The number of methoxy groups -OCH3 is 1. The van der Waals surface area contributed by atoms with Gasteiger partial charge in [-0.15, -0.1) is 0 Å². The van der Waals surface area contributed by atoms with Gasteiger partial charge in [0, 0.05) is 0 Å². The smallest absolute Gasteiger partial charge is 0.416 e. The molecule has 1 amide bonds. The fourth-order valence-electron chi connectivity index (χ4n) is 3.09. The molecule has 3 aromatic carbocycles. The number of alkyl halides is 3. The minimum Gasteiger partial charge on any atom is -0.465 e. The SMILES string of the molecule is COC(=O)c1ccc(Cl)c(NC(=O)CN(c2cc(C(F)(F)F)ccc2Cl)S(=O)(=O)c2ccccc2)c1. The maximum absolute atomic E-state index is 13.4. The van der Waals surface area contributed by atoms with Gasteiger partial charge in [-0.3, -0.25) is 9.10 Å². The summed E-state index contributed by atoms with van der Waals surface area (Å²) in [5.41, 5.74) is -1.71. The number of esters is 1. The second-order valence-electron chi connectivity index (χ2n) is 7.22. The number of anilines is 2. The van der Waals surface area contributed by atoms with Gasteiger partial charge >= 0.3 is 12.1 Å². The highest BCUT2D eigenvalue weighted by molar-refractivity contribution is 7.92. The average molecular weight is 561 g/mol. The fourth-order valence-corrected chi connectivity index (χ4v) is 4.97. The number of nitrogens with one attached hydrogen (secondary N) is 1. The predicted molar refractivity (Wildman–Crippen MR) is 129 cm³/mol. The maximum atomic E-state index is 13.4. The van der Waals surface area contributed by atoms with Gasteiger partial charge in [-0.05, 0) is 48.5 Å². The quantitative estimate of drug-likeness (QED) is 0.378. The lowest BCUT2D eigenvalue weighted by molar-refractivity contribution is -0.137. The molecule has 1 N–H and O–H groups in total. The third-order valence-corrected chi connectivity index (χ3v) is 7.25. The molecule has 13 heteroatoms. The van der Waals surface area contributed by atoms with E-state index in [0.717, 1.165) is 13.2 Å². The van der Waals surface area contributed by atoms with Gasteiger partial charge in [0.1, 0.15) is 6.54 Å². The van der Waals surface area contributed by atoms with Crippen molar-refractivity contribution in [3.05, 3.63) is 87.9 Å². The minimum absolute atomic E-state index is 0.0190. The van der Waals surface area contributed by atoms with E-state index in [-0.39, 0.29) is 26.2 Å². The first kappa shape index (κ1) is 27.3. The number of benzene rings is 3. The van der Waals surface area contributed by atoms with Gasteiger partial charge in [-0.25, -0.2) is 13.2 Å². The van der Waals surface area contributed by atoms with E-state index in [4.69, 9.17) is 23.2 Å². The van der Waals surface area contributed by atoms with Gasteiger partial charge in [-0.1, -0.05) is 41.4 Å². The molecule has 0 aliphatic heterocycles. The van der Waals surface area contributed by atoms with Crippen LogP contribution >= 0.6 is 23.2 Å². The lowest BCUT2D eigenvalue weighted by Gasteiger charge is -2.26. The molecule has 0 heterocycles. The summed E-state index contributed by atoms with van der Waals surface area (Å²) in [6.45, 7) is -0.961. The van der Waals surface area contributed by atoms with E-state index in [1.165, 1.54) is 42.5 Å². The third-order valence-electron chi connectivity index (χ3n) is 4.82. The van der Waals surface area contributed by atoms with Gasteiger partial charge in [0.2, 0.25) is 5.91 Å². The van der Waals surface area contributed by atoms with Crippen molar-refractivity contribution in [3.63, 3.8) is 0 Å². The lowest BCUT2D eigenvalue weighted by Crippen LogP contribution is -2.38. The third kappa shape index (κ3) is 6.10. The van der Waals surface area contributed by atoms with Crippen LogP contribution in [-0.4, -0.2) is 33.9 Å². The first-order valence-electron chi connectivity index (χ1n) is 9.97. The molecule has 0 bridgehead atoms. The van der Waals surface area contributed by atoms with Crippen molar-refractivity contribution in [1.29, 1.82) is 0 Å². The topological polar surface area (TPSA) is 92.8 Å². The Hall–Kier alpha value is -3.28. The molecular weight excluding hydrogens is 544 g/mol. The summed E-state index contributed by atoms with van der Waals surface area (Å²) in [5, 5.41) is 2.05. The normalized spacial score (nSPS) is 11.6. The van der Waals surface area contributed by atoms with Crippen LogP contribution in [0.15, 0.2) is 71.6 Å². The zero-order valence-electron chi connectivity index (χ0n) is 18.3. The average Bonchev–Trinajstić information content (AvgIpc) is 2.83. The summed E-state index contributed by atoms with van der Waals surface area (Å²) < 4.78 is 72.0. The van der Waals surface area contributed by atoms with Crippen LogP contribution in [-0.2, 0) is 25.7 Å². The number of sulfonamides is 1. The summed E-state index contributed by atoms with van der Waals surface area (Å²) >= 11 is 12.2. The van der Waals surface area contributed by atoms with Crippen LogP contribution in [0.1, 0.15) is 15.9 Å². The standard InChI is InChI=1S/C23H17Cl2F3N2O5S/c1-35-22(32)14-7-9-17(24)19(11-14)29-21(31)13-30(36(33,34)16-5-3-2-4-6-16)20-12-15(23(26,27)28)8-10-18(20)25/h2-12H,13H2,1H3,(H,29,31). The van der Waals surface area contributed by atoms with Gasteiger partial charge in [-0.2, -0.15) is 13.2 Å². The predicted octanol–water partition coefficient (Wildman–Crippen LogP) is 5.63. The number of ether oxygens (including phenoxy) is 1. The van der Waals surface area contributed by atoms with Crippen molar-refractivity contribution in [2.45, 2.75) is 11.1 Å². The Labute approximate surface area is 214 Å². The molecular formula is C23H17Cl2F3N2O5S. The van der Waals surface area contributed by atoms with E-state index >= 15 is 0 Å². The minimum atomic E-state index is -4.80. The monoisotopic (exact) mass is 560 g/mol. The zero-order valence-corrected chi connectivity index (χ0v) is 20.7. The maximum Gasteiger partial charge on any atom is 0.416 e. The number of carbonyl (C=O) groups is 2. The molecule has 0 aliphatic carbocycles.